The number of para-hydroxylation sites is 3. The minimum atomic E-state index is -0.347. The van der Waals surface area contributed by atoms with Gasteiger partial charge in [0.2, 0.25) is 0 Å². The van der Waals surface area contributed by atoms with E-state index in [4.69, 9.17) is 0 Å². The average Bonchev–Trinajstić information content (AvgIpc) is 3.83. The Morgan fingerprint density at radius 1 is 0.364 bits per heavy atom. The molecule has 0 radical (unpaired) electrons. The number of hydrogen-bond donors (Lipinski definition) is 0. The molecule has 12 aromatic rings. The van der Waals surface area contributed by atoms with Gasteiger partial charge in [-0.1, -0.05) is 184 Å². The fraction of sp³-hybridized carbons (Fsp3) is 0.0476. The molecule has 1 heterocycles. The molecule has 0 atom stereocenters. The first-order valence-electron chi connectivity index (χ1n) is 22.9. The van der Waals surface area contributed by atoms with Gasteiger partial charge in [0.1, 0.15) is 0 Å². The van der Waals surface area contributed by atoms with Crippen LogP contribution in [-0.4, -0.2) is 4.57 Å². The smallest absolute Gasteiger partial charge is 0.0588 e. The van der Waals surface area contributed by atoms with Crippen molar-refractivity contribution in [1.82, 2.24) is 4.57 Å². The number of rotatable bonds is 7. The second-order valence-corrected chi connectivity index (χ2v) is 18.1. The summed E-state index contributed by atoms with van der Waals surface area (Å²) in [6.07, 6.45) is 0. The highest BCUT2D eigenvalue weighted by Gasteiger charge is 2.40. The first-order chi connectivity index (χ1) is 32.5. The van der Waals surface area contributed by atoms with Crippen molar-refractivity contribution in [2.24, 2.45) is 0 Å². The van der Waals surface area contributed by atoms with Gasteiger partial charge >= 0.3 is 0 Å². The van der Waals surface area contributed by atoms with Gasteiger partial charge in [-0.3, -0.25) is 0 Å². The molecular formula is C63H45N3. The Hall–Kier alpha value is -8.40. The van der Waals surface area contributed by atoms with Crippen molar-refractivity contribution < 1.29 is 0 Å². The second-order valence-electron chi connectivity index (χ2n) is 18.1. The molecule has 0 saturated carbocycles. The van der Waals surface area contributed by atoms with E-state index in [0.29, 0.717) is 0 Å². The average molecular weight is 844 g/mol. The summed E-state index contributed by atoms with van der Waals surface area (Å²) in [7, 11) is 0. The van der Waals surface area contributed by atoms with Crippen LogP contribution in [0, 0.1) is 0 Å². The SMILES string of the molecule is CC1(C)c2cc(N(c3ccccc3)c3cccc4ccccc34)ccc2-c2ccc3c4c5ccccc5c(N(c5ccccc5)c5cccc6ccccc56)cc4n(-c4ccccc4)c3c21. The lowest BCUT2D eigenvalue weighted by molar-refractivity contribution is 0.664. The van der Waals surface area contributed by atoms with Crippen molar-refractivity contribution in [3.05, 3.63) is 248 Å². The maximum atomic E-state index is 2.56. The molecule has 0 unspecified atom stereocenters. The normalized spacial score (nSPS) is 12.8. The Balaban J connectivity index is 1.09. The molecule has 1 aliphatic rings. The molecule has 0 aliphatic heterocycles. The summed E-state index contributed by atoms with van der Waals surface area (Å²) < 4.78 is 2.56. The third-order valence-corrected chi connectivity index (χ3v) is 14.1. The quantitative estimate of drug-likeness (QED) is 0.158. The fourth-order valence-corrected chi connectivity index (χ4v) is 11.2. The van der Waals surface area contributed by atoms with E-state index < -0.39 is 0 Å². The summed E-state index contributed by atoms with van der Waals surface area (Å²) in [4.78, 5) is 4.90. The highest BCUT2D eigenvalue weighted by atomic mass is 15.2. The van der Waals surface area contributed by atoms with Crippen molar-refractivity contribution in [3.63, 3.8) is 0 Å². The summed E-state index contributed by atoms with van der Waals surface area (Å²) >= 11 is 0. The van der Waals surface area contributed by atoms with Gasteiger partial charge in [0, 0.05) is 55.1 Å². The standard InChI is InChI=1S/C63H45N3/c1-63(2)55-40-47(64(44-24-6-3-7-25-44)56-34-18-22-42-20-12-14-30-48(42)56)36-37-50(55)53-38-39-54-60-52-33-17-16-32-51(52)58(41-59(60)66(62(54)61(53)63)46-28-10-5-11-29-46)65(45-26-8-4-9-27-45)57-35-19-23-43-21-13-15-31-49(43)57/h3-41H,1-2H3. The summed E-state index contributed by atoms with van der Waals surface area (Å²) in [6.45, 7) is 4.86. The molecule has 0 N–H and O–H groups in total. The van der Waals surface area contributed by atoms with Crippen LogP contribution in [0.15, 0.2) is 237 Å². The molecule has 0 fully saturated rings. The molecule has 0 saturated heterocycles. The summed E-state index contributed by atoms with van der Waals surface area (Å²) in [5, 5.41) is 9.82. The summed E-state index contributed by atoms with van der Waals surface area (Å²) in [5.74, 6) is 0. The number of anilines is 6. The molecule has 11 aromatic carbocycles. The maximum absolute atomic E-state index is 2.56. The van der Waals surface area contributed by atoms with Crippen LogP contribution in [0.4, 0.5) is 34.1 Å². The van der Waals surface area contributed by atoms with Gasteiger partial charge in [-0.25, -0.2) is 0 Å². The molecule has 13 rings (SSSR count). The Morgan fingerprint density at radius 2 is 0.879 bits per heavy atom. The second kappa shape index (κ2) is 14.8. The van der Waals surface area contributed by atoms with Gasteiger partial charge in [0.25, 0.3) is 0 Å². The molecule has 1 aliphatic carbocycles. The third kappa shape index (κ3) is 5.70. The van der Waals surface area contributed by atoms with Gasteiger partial charge in [-0.15, -0.1) is 0 Å². The predicted molar refractivity (Wildman–Crippen MR) is 280 cm³/mol. The van der Waals surface area contributed by atoms with Crippen LogP contribution in [0.2, 0.25) is 0 Å². The van der Waals surface area contributed by atoms with Gasteiger partial charge in [-0.2, -0.15) is 0 Å². The summed E-state index contributed by atoms with van der Waals surface area (Å²) in [5.41, 5.74) is 15.3. The van der Waals surface area contributed by atoms with Gasteiger partial charge in [0.15, 0.2) is 0 Å². The van der Waals surface area contributed by atoms with Gasteiger partial charge in [0.05, 0.1) is 28.1 Å². The van der Waals surface area contributed by atoms with E-state index in [2.05, 4.69) is 265 Å². The van der Waals surface area contributed by atoms with Crippen molar-refractivity contribution in [3.8, 4) is 16.8 Å². The molecule has 312 valence electrons. The molecular weight excluding hydrogens is 799 g/mol. The van der Waals surface area contributed by atoms with Crippen LogP contribution >= 0.6 is 0 Å². The molecule has 0 amide bonds. The van der Waals surface area contributed by atoms with Crippen molar-refractivity contribution in [2.75, 3.05) is 9.80 Å². The third-order valence-electron chi connectivity index (χ3n) is 14.1. The number of fused-ring (bicyclic) bond motifs is 11. The van der Waals surface area contributed by atoms with Gasteiger partial charge < -0.3 is 14.4 Å². The molecule has 0 spiro atoms. The maximum Gasteiger partial charge on any atom is 0.0588 e. The zero-order chi connectivity index (χ0) is 43.9. The Morgan fingerprint density at radius 3 is 1.53 bits per heavy atom. The number of nitrogens with zero attached hydrogens (tertiary/aromatic N) is 3. The van der Waals surface area contributed by atoms with E-state index in [0.717, 1.165) is 39.8 Å². The Bertz CT molecular complexity index is 3840. The Kier molecular flexibility index (Phi) is 8.56. The Labute approximate surface area is 384 Å². The van der Waals surface area contributed by atoms with E-state index in [1.54, 1.807) is 0 Å². The number of hydrogen-bond acceptors (Lipinski definition) is 2. The highest BCUT2D eigenvalue weighted by Crippen LogP contribution is 2.56. The molecule has 3 heteroatoms. The molecule has 3 nitrogen and oxygen atoms in total. The van der Waals surface area contributed by atoms with Crippen LogP contribution in [-0.2, 0) is 5.41 Å². The minimum absolute atomic E-state index is 0.347. The first-order valence-corrected chi connectivity index (χ1v) is 22.9. The number of benzene rings is 11. The fourth-order valence-electron chi connectivity index (χ4n) is 11.2. The zero-order valence-corrected chi connectivity index (χ0v) is 36.9. The zero-order valence-electron chi connectivity index (χ0n) is 36.9. The summed E-state index contributed by atoms with van der Waals surface area (Å²) in [6, 6.07) is 86.8. The molecule has 0 bridgehead atoms. The topological polar surface area (TPSA) is 11.4 Å². The lowest BCUT2D eigenvalue weighted by atomic mass is 9.81. The largest absolute Gasteiger partial charge is 0.310 e. The lowest BCUT2D eigenvalue weighted by Crippen LogP contribution is -2.18. The van der Waals surface area contributed by atoms with E-state index in [1.165, 1.54) is 76.4 Å². The van der Waals surface area contributed by atoms with Crippen LogP contribution in [0.1, 0.15) is 25.0 Å². The lowest BCUT2D eigenvalue weighted by Gasteiger charge is -2.29. The van der Waals surface area contributed by atoms with Crippen molar-refractivity contribution in [2.45, 2.75) is 19.3 Å². The van der Waals surface area contributed by atoms with Crippen LogP contribution in [0.25, 0.3) is 70.9 Å². The predicted octanol–water partition coefficient (Wildman–Crippen LogP) is 17.5. The number of aromatic nitrogens is 1. The first kappa shape index (κ1) is 38.1. The van der Waals surface area contributed by atoms with Crippen molar-refractivity contribution >= 4 is 88.2 Å². The van der Waals surface area contributed by atoms with E-state index in [-0.39, 0.29) is 5.41 Å². The minimum Gasteiger partial charge on any atom is -0.310 e. The molecule has 66 heavy (non-hydrogen) atoms. The highest BCUT2D eigenvalue weighted by molar-refractivity contribution is 6.26. The van der Waals surface area contributed by atoms with Gasteiger partial charge in [-0.05, 0) is 105 Å². The van der Waals surface area contributed by atoms with E-state index in [1.807, 2.05) is 0 Å². The van der Waals surface area contributed by atoms with Crippen molar-refractivity contribution in [1.29, 1.82) is 0 Å². The van der Waals surface area contributed by atoms with Crippen LogP contribution < -0.4 is 9.80 Å². The van der Waals surface area contributed by atoms with E-state index >= 15 is 0 Å². The van der Waals surface area contributed by atoms with Crippen LogP contribution in [0.5, 0.6) is 0 Å². The molecule has 1 aromatic heterocycles. The van der Waals surface area contributed by atoms with Crippen LogP contribution in [0.3, 0.4) is 0 Å². The monoisotopic (exact) mass is 843 g/mol. The van der Waals surface area contributed by atoms with E-state index in [9.17, 15) is 0 Å².